The van der Waals surface area contributed by atoms with E-state index in [4.69, 9.17) is 16.3 Å². The number of carbonyl (C=O) groups is 1. The Morgan fingerprint density at radius 2 is 2.00 bits per heavy atom. The molecule has 1 aromatic carbocycles. The maximum atomic E-state index is 12.2. The lowest BCUT2D eigenvalue weighted by molar-refractivity contribution is -0.121. The first-order chi connectivity index (χ1) is 13.2. The first kappa shape index (κ1) is 24.6. The van der Waals surface area contributed by atoms with Crippen LogP contribution in [0.15, 0.2) is 18.2 Å². The largest absolute Gasteiger partial charge is 0.495 e. The summed E-state index contributed by atoms with van der Waals surface area (Å²) < 4.78 is 30.7. The highest BCUT2D eigenvalue weighted by Gasteiger charge is 2.19. The number of nitrogens with one attached hydrogen (secondary N) is 1. The molecule has 1 rings (SSSR count). The summed E-state index contributed by atoms with van der Waals surface area (Å²) in [5.41, 5.74) is 0.458. The van der Waals surface area contributed by atoms with Crippen LogP contribution in [0.4, 0.5) is 5.69 Å². The van der Waals surface area contributed by atoms with Crippen molar-refractivity contribution in [3.63, 3.8) is 0 Å². The molecular weight excluding hydrogens is 400 g/mol. The molecule has 0 spiro atoms. The molecule has 0 aromatic heterocycles. The number of rotatable bonds is 13. The number of hydrogen-bond donors (Lipinski definition) is 1. The normalized spacial score (nSPS) is 12.5. The van der Waals surface area contributed by atoms with Gasteiger partial charge in [-0.2, -0.15) is 0 Å². The van der Waals surface area contributed by atoms with Gasteiger partial charge in [0.2, 0.25) is 15.9 Å². The molecule has 0 saturated carbocycles. The molecule has 0 aliphatic carbocycles. The highest BCUT2D eigenvalue weighted by Crippen LogP contribution is 2.30. The van der Waals surface area contributed by atoms with Crippen LogP contribution in [0.3, 0.4) is 0 Å². The highest BCUT2D eigenvalue weighted by atomic mass is 35.5. The number of nitrogens with zero attached hydrogens (tertiary/aromatic N) is 1. The Labute approximate surface area is 174 Å². The van der Waals surface area contributed by atoms with Crippen molar-refractivity contribution in [3.05, 3.63) is 23.2 Å². The number of methoxy groups -OCH3 is 1. The zero-order valence-electron chi connectivity index (χ0n) is 17.3. The molecule has 8 heteroatoms. The second kappa shape index (κ2) is 12.2. The Morgan fingerprint density at radius 1 is 1.29 bits per heavy atom. The average molecular weight is 433 g/mol. The van der Waals surface area contributed by atoms with Crippen LogP contribution in [0.2, 0.25) is 5.02 Å². The van der Waals surface area contributed by atoms with Crippen LogP contribution in [-0.4, -0.2) is 40.8 Å². The van der Waals surface area contributed by atoms with E-state index in [2.05, 4.69) is 19.2 Å². The van der Waals surface area contributed by atoms with Crippen molar-refractivity contribution in [1.29, 1.82) is 0 Å². The van der Waals surface area contributed by atoms with Crippen LogP contribution < -0.4 is 14.4 Å². The number of sulfonamides is 1. The number of ether oxygens (including phenoxy) is 1. The molecule has 0 heterocycles. The molecule has 1 aromatic rings. The van der Waals surface area contributed by atoms with Crippen molar-refractivity contribution >= 4 is 33.2 Å². The Hall–Kier alpha value is -1.47. The fourth-order valence-electron chi connectivity index (χ4n) is 2.97. The monoisotopic (exact) mass is 432 g/mol. The van der Waals surface area contributed by atoms with E-state index in [1.54, 1.807) is 18.2 Å². The van der Waals surface area contributed by atoms with E-state index < -0.39 is 10.0 Å². The molecule has 0 aliphatic heterocycles. The smallest absolute Gasteiger partial charge is 0.232 e. The van der Waals surface area contributed by atoms with E-state index in [1.165, 1.54) is 17.8 Å². The number of hydrogen-bond acceptors (Lipinski definition) is 4. The zero-order valence-corrected chi connectivity index (χ0v) is 18.9. The quantitative estimate of drug-likeness (QED) is 0.506. The fraction of sp³-hybridized carbons (Fsp3) is 0.650. The molecule has 1 N–H and O–H groups in total. The standard InChI is InChI=1S/C20H33ClN2O4S/c1-5-7-9-16(6-2)15-22-20(24)10-8-13-23(28(4,25)26)17-11-12-19(27-3)18(21)14-17/h11-12,14,16H,5-10,13,15H2,1-4H3,(H,22,24). The van der Waals surface area contributed by atoms with Gasteiger partial charge in [0.05, 0.1) is 24.1 Å². The van der Waals surface area contributed by atoms with E-state index in [-0.39, 0.29) is 18.9 Å². The summed E-state index contributed by atoms with van der Waals surface area (Å²) in [5, 5.41) is 3.31. The molecule has 160 valence electrons. The van der Waals surface area contributed by atoms with E-state index in [1.807, 2.05) is 0 Å². The maximum absolute atomic E-state index is 12.2. The molecule has 1 unspecified atom stereocenters. The molecule has 28 heavy (non-hydrogen) atoms. The maximum Gasteiger partial charge on any atom is 0.232 e. The average Bonchev–Trinajstić information content (AvgIpc) is 2.64. The summed E-state index contributed by atoms with van der Waals surface area (Å²) >= 11 is 6.12. The molecule has 0 aliphatic rings. The summed E-state index contributed by atoms with van der Waals surface area (Å²) in [7, 11) is -1.99. The molecule has 0 saturated heterocycles. The van der Waals surface area contributed by atoms with Crippen molar-refractivity contribution in [2.75, 3.05) is 30.8 Å². The van der Waals surface area contributed by atoms with Gasteiger partial charge in [0.15, 0.2) is 0 Å². The number of benzene rings is 1. The SMILES string of the molecule is CCCCC(CC)CNC(=O)CCCN(c1ccc(OC)c(Cl)c1)S(C)(=O)=O. The van der Waals surface area contributed by atoms with Crippen molar-refractivity contribution in [2.24, 2.45) is 5.92 Å². The minimum Gasteiger partial charge on any atom is -0.495 e. The number of anilines is 1. The minimum absolute atomic E-state index is 0.0452. The van der Waals surface area contributed by atoms with Gasteiger partial charge in [-0.05, 0) is 37.0 Å². The van der Waals surface area contributed by atoms with Gasteiger partial charge in [-0.25, -0.2) is 8.42 Å². The summed E-state index contributed by atoms with van der Waals surface area (Å²) in [6.45, 7) is 5.19. The first-order valence-corrected chi connectivity index (χ1v) is 12.0. The van der Waals surface area contributed by atoms with Gasteiger partial charge in [0.1, 0.15) is 5.75 Å². The summed E-state index contributed by atoms with van der Waals surface area (Å²) in [6, 6.07) is 4.83. The second-order valence-electron chi connectivity index (χ2n) is 6.98. The van der Waals surface area contributed by atoms with E-state index in [9.17, 15) is 13.2 Å². The number of halogens is 1. The zero-order chi connectivity index (χ0) is 21.2. The number of carbonyl (C=O) groups excluding carboxylic acids is 1. The minimum atomic E-state index is -3.49. The van der Waals surface area contributed by atoms with Gasteiger partial charge in [-0.15, -0.1) is 0 Å². The molecule has 1 amide bonds. The predicted octanol–water partition coefficient (Wildman–Crippen LogP) is 4.23. The number of amides is 1. The van der Waals surface area contributed by atoms with Crippen LogP contribution in [-0.2, 0) is 14.8 Å². The van der Waals surface area contributed by atoms with Crippen LogP contribution in [0.25, 0.3) is 0 Å². The third-order valence-corrected chi connectivity index (χ3v) is 6.21. The predicted molar refractivity (Wildman–Crippen MR) is 116 cm³/mol. The van der Waals surface area contributed by atoms with Crippen LogP contribution in [0.5, 0.6) is 5.75 Å². The van der Waals surface area contributed by atoms with Gasteiger partial charge in [0.25, 0.3) is 0 Å². The van der Waals surface area contributed by atoms with Crippen molar-refractivity contribution in [1.82, 2.24) is 5.32 Å². The Bertz CT molecular complexity index is 725. The third kappa shape index (κ3) is 8.27. The third-order valence-electron chi connectivity index (χ3n) is 4.72. The van der Waals surface area contributed by atoms with Crippen LogP contribution in [0, 0.1) is 5.92 Å². The molecule has 0 fully saturated rings. The molecule has 0 bridgehead atoms. The summed E-state index contributed by atoms with van der Waals surface area (Å²) in [4.78, 5) is 12.1. The van der Waals surface area contributed by atoms with E-state index in [0.29, 0.717) is 35.3 Å². The molecule has 1 atom stereocenters. The van der Waals surface area contributed by atoms with Gasteiger partial charge < -0.3 is 10.1 Å². The van der Waals surface area contributed by atoms with E-state index in [0.717, 1.165) is 25.5 Å². The molecule has 0 radical (unpaired) electrons. The van der Waals surface area contributed by atoms with Crippen LogP contribution >= 0.6 is 11.6 Å². The molecule has 6 nitrogen and oxygen atoms in total. The topological polar surface area (TPSA) is 75.7 Å². The van der Waals surface area contributed by atoms with Crippen molar-refractivity contribution < 1.29 is 17.9 Å². The van der Waals surface area contributed by atoms with E-state index >= 15 is 0 Å². The Balaban J connectivity index is 2.61. The van der Waals surface area contributed by atoms with Crippen LogP contribution in [0.1, 0.15) is 52.4 Å². The summed E-state index contributed by atoms with van der Waals surface area (Å²) in [5.74, 6) is 0.931. The lowest BCUT2D eigenvalue weighted by Crippen LogP contribution is -2.33. The Morgan fingerprint density at radius 3 is 2.54 bits per heavy atom. The van der Waals surface area contributed by atoms with Gasteiger partial charge >= 0.3 is 0 Å². The fourth-order valence-corrected chi connectivity index (χ4v) is 4.18. The summed E-state index contributed by atoms with van der Waals surface area (Å²) in [6.07, 6.45) is 6.33. The lowest BCUT2D eigenvalue weighted by Gasteiger charge is -2.23. The molecular formula is C20H33ClN2O4S. The first-order valence-electron chi connectivity index (χ1n) is 9.80. The Kier molecular flexibility index (Phi) is 10.7. The highest BCUT2D eigenvalue weighted by molar-refractivity contribution is 7.92. The lowest BCUT2D eigenvalue weighted by atomic mass is 9.99. The van der Waals surface area contributed by atoms with Gasteiger partial charge in [-0.1, -0.05) is 44.7 Å². The van der Waals surface area contributed by atoms with Gasteiger partial charge in [-0.3, -0.25) is 9.10 Å². The van der Waals surface area contributed by atoms with Gasteiger partial charge in [0, 0.05) is 19.5 Å². The van der Waals surface area contributed by atoms with Crippen molar-refractivity contribution in [2.45, 2.75) is 52.4 Å². The second-order valence-corrected chi connectivity index (χ2v) is 9.29. The number of unbranched alkanes of at least 4 members (excludes halogenated alkanes) is 1. The van der Waals surface area contributed by atoms with Crippen molar-refractivity contribution in [3.8, 4) is 5.75 Å².